The largest absolute Gasteiger partial charge is 0.303 e. The molecule has 0 spiro atoms. The number of carbonyl (C=O) groups is 1. The van der Waals surface area contributed by atoms with Crippen molar-refractivity contribution < 1.29 is 4.79 Å². The van der Waals surface area contributed by atoms with E-state index in [-0.39, 0.29) is 5.91 Å². The zero-order valence-corrected chi connectivity index (χ0v) is 13.1. The molecule has 1 saturated heterocycles. The number of amidine groups is 1. The Morgan fingerprint density at radius 3 is 2.64 bits per heavy atom. The molecule has 0 atom stereocenters. The van der Waals surface area contributed by atoms with Crippen LogP contribution in [0.25, 0.3) is 11.1 Å². The van der Waals surface area contributed by atoms with E-state index < -0.39 is 0 Å². The zero-order chi connectivity index (χ0) is 15.4. The molecule has 4 nitrogen and oxygen atoms in total. The first-order valence-corrected chi connectivity index (χ1v) is 7.97. The van der Waals surface area contributed by atoms with Crippen molar-refractivity contribution in [3.05, 3.63) is 59.1 Å². The van der Waals surface area contributed by atoms with Gasteiger partial charge in [0.1, 0.15) is 0 Å². The second-order valence-corrected chi connectivity index (χ2v) is 5.98. The quantitative estimate of drug-likeness (QED) is 0.691. The molecule has 0 radical (unpaired) electrons. The normalized spacial score (nSPS) is 16.4. The summed E-state index contributed by atoms with van der Waals surface area (Å²) < 4.78 is 0. The van der Waals surface area contributed by atoms with Crippen LogP contribution in [0.2, 0.25) is 5.02 Å². The van der Waals surface area contributed by atoms with Gasteiger partial charge in [-0.05, 0) is 23.3 Å². The SMILES string of the molecule is O=C1CSC(=NN=Cc2ccccc2-c2ccc(Cl)cc2)N1. The second kappa shape index (κ2) is 6.77. The van der Waals surface area contributed by atoms with Crippen LogP contribution in [-0.2, 0) is 4.79 Å². The first kappa shape index (κ1) is 14.8. The summed E-state index contributed by atoms with van der Waals surface area (Å²) in [5.74, 6) is 0.357. The van der Waals surface area contributed by atoms with Crippen LogP contribution in [0, 0.1) is 0 Å². The summed E-state index contributed by atoms with van der Waals surface area (Å²) in [5.41, 5.74) is 3.05. The van der Waals surface area contributed by atoms with Crippen molar-refractivity contribution >= 4 is 40.7 Å². The lowest BCUT2D eigenvalue weighted by Gasteiger charge is -2.05. The van der Waals surface area contributed by atoms with Gasteiger partial charge in [0.05, 0.1) is 12.0 Å². The number of nitrogens with one attached hydrogen (secondary N) is 1. The molecule has 22 heavy (non-hydrogen) atoms. The number of hydrogen-bond acceptors (Lipinski definition) is 4. The van der Waals surface area contributed by atoms with E-state index in [9.17, 15) is 4.79 Å². The Kier molecular flexibility index (Phi) is 4.56. The van der Waals surface area contributed by atoms with Crippen LogP contribution in [0.15, 0.2) is 58.7 Å². The number of rotatable bonds is 3. The van der Waals surface area contributed by atoms with Gasteiger partial charge in [0.25, 0.3) is 0 Å². The highest BCUT2D eigenvalue weighted by molar-refractivity contribution is 8.15. The third-order valence-corrected chi connectivity index (χ3v) is 4.16. The number of amides is 1. The zero-order valence-electron chi connectivity index (χ0n) is 11.5. The molecule has 1 heterocycles. The average molecular weight is 330 g/mol. The van der Waals surface area contributed by atoms with Crippen LogP contribution in [0.5, 0.6) is 0 Å². The lowest BCUT2D eigenvalue weighted by molar-refractivity contribution is -0.116. The van der Waals surface area contributed by atoms with Crippen molar-refractivity contribution in [2.45, 2.75) is 0 Å². The van der Waals surface area contributed by atoms with E-state index in [1.54, 1.807) is 6.21 Å². The molecule has 1 amide bonds. The molecule has 1 aliphatic rings. The Labute approximate surface area is 137 Å². The Bertz CT molecular complexity index is 756. The number of carbonyl (C=O) groups excluding carboxylic acids is 1. The fraction of sp³-hybridized carbons (Fsp3) is 0.0625. The van der Waals surface area contributed by atoms with Gasteiger partial charge in [-0.3, -0.25) is 4.79 Å². The summed E-state index contributed by atoms with van der Waals surface area (Å²) in [7, 11) is 0. The maximum Gasteiger partial charge on any atom is 0.236 e. The van der Waals surface area contributed by atoms with Gasteiger partial charge in [-0.15, -0.1) is 5.10 Å². The molecule has 0 saturated carbocycles. The van der Waals surface area contributed by atoms with Crippen LogP contribution >= 0.6 is 23.4 Å². The van der Waals surface area contributed by atoms with Crippen molar-refractivity contribution in [3.8, 4) is 11.1 Å². The van der Waals surface area contributed by atoms with Crippen LogP contribution in [0.3, 0.4) is 0 Å². The highest BCUT2D eigenvalue weighted by Crippen LogP contribution is 2.24. The number of thioether (sulfide) groups is 1. The second-order valence-electron chi connectivity index (χ2n) is 4.58. The smallest absolute Gasteiger partial charge is 0.236 e. The Balaban J connectivity index is 1.85. The van der Waals surface area contributed by atoms with Gasteiger partial charge in [-0.25, -0.2) is 0 Å². The van der Waals surface area contributed by atoms with Gasteiger partial charge in [0.2, 0.25) is 5.91 Å². The van der Waals surface area contributed by atoms with Gasteiger partial charge >= 0.3 is 0 Å². The molecule has 0 unspecified atom stereocenters. The summed E-state index contributed by atoms with van der Waals surface area (Å²) >= 11 is 7.27. The van der Waals surface area contributed by atoms with E-state index in [0.29, 0.717) is 15.9 Å². The Morgan fingerprint density at radius 2 is 1.91 bits per heavy atom. The average Bonchev–Trinajstić information content (AvgIpc) is 2.94. The van der Waals surface area contributed by atoms with Gasteiger partial charge in [0, 0.05) is 10.6 Å². The molecule has 0 aromatic heterocycles. The van der Waals surface area contributed by atoms with Crippen LogP contribution in [0.1, 0.15) is 5.56 Å². The monoisotopic (exact) mass is 329 g/mol. The minimum absolute atomic E-state index is 0.0412. The summed E-state index contributed by atoms with van der Waals surface area (Å²) in [6.45, 7) is 0. The predicted octanol–water partition coefficient (Wildman–Crippen LogP) is 3.56. The maximum atomic E-state index is 11.1. The molecule has 1 fully saturated rings. The van der Waals surface area contributed by atoms with Crippen LogP contribution in [-0.4, -0.2) is 23.0 Å². The van der Waals surface area contributed by atoms with E-state index in [4.69, 9.17) is 11.6 Å². The molecule has 110 valence electrons. The van der Waals surface area contributed by atoms with E-state index in [1.807, 2.05) is 48.5 Å². The van der Waals surface area contributed by atoms with Gasteiger partial charge in [0.15, 0.2) is 5.17 Å². The summed E-state index contributed by atoms with van der Waals surface area (Å²) in [6, 6.07) is 15.5. The van der Waals surface area contributed by atoms with Crippen LogP contribution in [0.4, 0.5) is 0 Å². The minimum atomic E-state index is -0.0412. The number of halogens is 1. The maximum absolute atomic E-state index is 11.1. The van der Waals surface area contributed by atoms with E-state index in [2.05, 4.69) is 15.5 Å². The van der Waals surface area contributed by atoms with Gasteiger partial charge in [-0.1, -0.05) is 59.8 Å². The third kappa shape index (κ3) is 3.55. The predicted molar refractivity (Wildman–Crippen MR) is 92.5 cm³/mol. The standard InChI is InChI=1S/C16H12ClN3OS/c17-13-7-5-11(6-8-13)14-4-2-1-3-12(14)9-18-20-16-19-15(21)10-22-16/h1-9H,10H2,(H,19,20,21). The van der Waals surface area contributed by atoms with Crippen molar-refractivity contribution in [2.24, 2.45) is 10.2 Å². The summed E-state index contributed by atoms with van der Waals surface area (Å²) in [6.07, 6.45) is 1.68. The van der Waals surface area contributed by atoms with E-state index in [0.717, 1.165) is 16.7 Å². The van der Waals surface area contributed by atoms with Crippen molar-refractivity contribution in [2.75, 3.05) is 5.75 Å². The molecular weight excluding hydrogens is 318 g/mol. The van der Waals surface area contributed by atoms with Crippen molar-refractivity contribution in [3.63, 3.8) is 0 Å². The summed E-state index contributed by atoms with van der Waals surface area (Å²) in [5, 5.41) is 12.0. The minimum Gasteiger partial charge on any atom is -0.303 e. The molecule has 2 aromatic carbocycles. The molecule has 6 heteroatoms. The first-order valence-electron chi connectivity index (χ1n) is 6.61. The van der Waals surface area contributed by atoms with Crippen LogP contribution < -0.4 is 5.32 Å². The lowest BCUT2D eigenvalue weighted by atomic mass is 10.0. The topological polar surface area (TPSA) is 53.8 Å². The molecule has 1 aliphatic heterocycles. The molecule has 0 aliphatic carbocycles. The molecule has 0 bridgehead atoms. The number of hydrogen-bond donors (Lipinski definition) is 1. The summed E-state index contributed by atoms with van der Waals surface area (Å²) in [4.78, 5) is 11.1. The highest BCUT2D eigenvalue weighted by Gasteiger charge is 2.15. The Hall–Kier alpha value is -2.11. The fourth-order valence-corrected chi connectivity index (χ4v) is 2.78. The van der Waals surface area contributed by atoms with Crippen molar-refractivity contribution in [1.82, 2.24) is 5.32 Å². The highest BCUT2D eigenvalue weighted by atomic mass is 35.5. The van der Waals surface area contributed by atoms with Crippen molar-refractivity contribution in [1.29, 1.82) is 0 Å². The fourth-order valence-electron chi connectivity index (χ4n) is 2.02. The van der Waals surface area contributed by atoms with E-state index >= 15 is 0 Å². The molecule has 1 N–H and O–H groups in total. The molecule has 2 aromatic rings. The van der Waals surface area contributed by atoms with Gasteiger partial charge < -0.3 is 5.32 Å². The lowest BCUT2D eigenvalue weighted by Crippen LogP contribution is -2.19. The number of nitrogens with zero attached hydrogens (tertiary/aromatic N) is 2. The van der Waals surface area contributed by atoms with Gasteiger partial charge in [-0.2, -0.15) is 5.10 Å². The number of benzene rings is 2. The molecular formula is C16H12ClN3OS. The third-order valence-electron chi connectivity index (χ3n) is 3.05. The molecule has 3 rings (SSSR count). The first-order chi connectivity index (χ1) is 10.7. The Morgan fingerprint density at radius 1 is 1.14 bits per heavy atom. The van der Waals surface area contributed by atoms with E-state index in [1.165, 1.54) is 11.8 Å².